The summed E-state index contributed by atoms with van der Waals surface area (Å²) in [6, 6.07) is 0. The topological polar surface area (TPSA) is 55.8 Å². The Morgan fingerprint density at radius 3 is 2.62 bits per heavy atom. The number of carbonyl (C=O) groups is 1. The molecule has 0 aromatic carbocycles. The van der Waals surface area contributed by atoms with Crippen LogP contribution < -0.4 is 0 Å². The highest BCUT2D eigenvalue weighted by molar-refractivity contribution is 6.74. The molecule has 1 N–H and O–H groups in total. The van der Waals surface area contributed by atoms with Gasteiger partial charge in [0.05, 0.1) is 18.6 Å². The predicted octanol–water partition coefficient (Wildman–Crippen LogP) is 3.66. The van der Waals surface area contributed by atoms with E-state index in [1.54, 1.807) is 0 Å². The van der Waals surface area contributed by atoms with Crippen LogP contribution in [0.15, 0.2) is 12.2 Å². The molecule has 0 radical (unpaired) electrons. The second kappa shape index (κ2) is 5.68. The minimum atomic E-state index is -1.81. The molecule has 5 heteroatoms. The zero-order chi connectivity index (χ0) is 17.9. The van der Waals surface area contributed by atoms with Gasteiger partial charge in [0.15, 0.2) is 8.32 Å². The molecule has 0 amide bonds. The molecule has 24 heavy (non-hydrogen) atoms. The highest BCUT2D eigenvalue weighted by Crippen LogP contribution is 2.59. The van der Waals surface area contributed by atoms with E-state index in [4.69, 9.17) is 9.16 Å². The maximum Gasteiger partial charge on any atom is 0.313 e. The average Bonchev–Trinajstić information content (AvgIpc) is 2.78. The van der Waals surface area contributed by atoms with Gasteiger partial charge in [-0.1, -0.05) is 27.4 Å². The van der Waals surface area contributed by atoms with Crippen molar-refractivity contribution < 1.29 is 19.1 Å². The lowest BCUT2D eigenvalue weighted by Gasteiger charge is -2.52. The minimum absolute atomic E-state index is 0.152. The first-order valence-corrected chi connectivity index (χ1v) is 12.1. The summed E-state index contributed by atoms with van der Waals surface area (Å²) in [6.07, 6.45) is 3.15. The SMILES string of the molecule is C=C1[C@@H]2C(=O)OC[C@@]23CC[C@H](O[Si](C)(C)C(C)(C)C)C[C@@H]3C[C@H]1O. The van der Waals surface area contributed by atoms with Crippen LogP contribution in [0, 0.1) is 17.3 Å². The molecule has 4 nitrogen and oxygen atoms in total. The van der Waals surface area contributed by atoms with Gasteiger partial charge in [-0.15, -0.1) is 0 Å². The van der Waals surface area contributed by atoms with E-state index in [1.165, 1.54) is 0 Å². The number of aliphatic hydroxyl groups is 1. The molecule has 0 bridgehead atoms. The van der Waals surface area contributed by atoms with Gasteiger partial charge in [-0.05, 0) is 55.3 Å². The maximum atomic E-state index is 12.2. The molecule has 2 saturated carbocycles. The first kappa shape index (κ1) is 18.1. The lowest BCUT2D eigenvalue weighted by Crippen LogP contribution is -2.53. The Hall–Kier alpha value is -0.653. The van der Waals surface area contributed by atoms with Crippen LogP contribution in [0.5, 0.6) is 0 Å². The van der Waals surface area contributed by atoms with E-state index in [9.17, 15) is 9.90 Å². The molecule has 3 fully saturated rings. The third-order valence-corrected chi connectivity index (χ3v) is 11.7. The third kappa shape index (κ3) is 2.69. The molecule has 1 spiro atoms. The molecule has 0 aromatic heterocycles. The molecule has 136 valence electrons. The van der Waals surface area contributed by atoms with Gasteiger partial charge in [-0.25, -0.2) is 0 Å². The highest BCUT2D eigenvalue weighted by Gasteiger charge is 2.61. The van der Waals surface area contributed by atoms with Gasteiger partial charge < -0.3 is 14.3 Å². The molecule has 2 aliphatic carbocycles. The summed E-state index contributed by atoms with van der Waals surface area (Å²) in [5.74, 6) is -0.231. The molecule has 0 unspecified atom stereocenters. The van der Waals surface area contributed by atoms with Crippen molar-refractivity contribution in [3.05, 3.63) is 12.2 Å². The summed E-state index contributed by atoms with van der Waals surface area (Å²) in [5.41, 5.74) is 0.512. The van der Waals surface area contributed by atoms with E-state index < -0.39 is 14.4 Å². The quantitative estimate of drug-likeness (QED) is 0.468. The molecule has 3 rings (SSSR count). The number of hydrogen-bond acceptors (Lipinski definition) is 4. The van der Waals surface area contributed by atoms with Crippen LogP contribution in [-0.2, 0) is 14.0 Å². The number of esters is 1. The summed E-state index contributed by atoms with van der Waals surface area (Å²) < 4.78 is 12.1. The standard InChI is InChI=1S/C19H32O4Si/c1-12-15(20)10-13-9-14(23-24(5,6)18(2,3)4)7-8-19(13)11-22-17(21)16(12)19/h13-16,20H,1,7-11H2,2-6H3/t13-,14+,15-,16-,19-/m1/s1. The van der Waals surface area contributed by atoms with Crippen molar-refractivity contribution in [2.24, 2.45) is 17.3 Å². The van der Waals surface area contributed by atoms with Crippen LogP contribution in [0.25, 0.3) is 0 Å². The fourth-order valence-electron chi connectivity index (χ4n) is 4.65. The van der Waals surface area contributed by atoms with E-state index in [2.05, 4.69) is 40.4 Å². The molecular formula is C19H32O4Si. The van der Waals surface area contributed by atoms with Crippen LogP contribution in [0.3, 0.4) is 0 Å². The van der Waals surface area contributed by atoms with E-state index in [-0.39, 0.29) is 34.4 Å². The Labute approximate surface area is 146 Å². The minimum Gasteiger partial charge on any atom is -0.465 e. The van der Waals surface area contributed by atoms with Gasteiger partial charge in [0.2, 0.25) is 0 Å². The molecule has 1 saturated heterocycles. The van der Waals surface area contributed by atoms with Crippen molar-refractivity contribution in [2.75, 3.05) is 6.61 Å². The zero-order valence-electron chi connectivity index (χ0n) is 15.7. The van der Waals surface area contributed by atoms with Gasteiger partial charge in [-0.2, -0.15) is 0 Å². The molecular weight excluding hydrogens is 320 g/mol. The van der Waals surface area contributed by atoms with Gasteiger partial charge >= 0.3 is 5.97 Å². The van der Waals surface area contributed by atoms with Gasteiger partial charge in [0.25, 0.3) is 0 Å². The largest absolute Gasteiger partial charge is 0.465 e. The van der Waals surface area contributed by atoms with Crippen LogP contribution in [0.1, 0.15) is 46.5 Å². The molecule has 1 aliphatic heterocycles. The van der Waals surface area contributed by atoms with Crippen molar-refractivity contribution in [1.29, 1.82) is 0 Å². The molecule has 0 aromatic rings. The molecule has 5 atom stereocenters. The summed E-state index contributed by atoms with van der Waals surface area (Å²) in [7, 11) is -1.81. The number of carbonyl (C=O) groups excluding carboxylic acids is 1. The van der Waals surface area contributed by atoms with E-state index in [0.29, 0.717) is 18.6 Å². The van der Waals surface area contributed by atoms with Crippen molar-refractivity contribution >= 4 is 14.3 Å². The highest BCUT2D eigenvalue weighted by atomic mass is 28.4. The van der Waals surface area contributed by atoms with E-state index in [0.717, 1.165) is 19.3 Å². The van der Waals surface area contributed by atoms with Crippen LogP contribution in [0.4, 0.5) is 0 Å². The van der Waals surface area contributed by atoms with E-state index in [1.807, 2.05) is 0 Å². The fourth-order valence-corrected chi connectivity index (χ4v) is 6.05. The Morgan fingerprint density at radius 2 is 2.00 bits per heavy atom. The smallest absolute Gasteiger partial charge is 0.313 e. The number of hydrogen-bond donors (Lipinski definition) is 1. The Balaban J connectivity index is 1.79. The monoisotopic (exact) mass is 352 g/mol. The van der Waals surface area contributed by atoms with Gasteiger partial charge in [0, 0.05) is 11.5 Å². The normalized spacial score (nSPS) is 40.1. The zero-order valence-corrected chi connectivity index (χ0v) is 16.7. The summed E-state index contributed by atoms with van der Waals surface area (Å²) in [5, 5.41) is 10.6. The molecule has 3 aliphatic rings. The summed E-state index contributed by atoms with van der Waals surface area (Å²) in [4.78, 5) is 12.2. The Kier molecular flexibility index (Phi) is 4.29. The van der Waals surface area contributed by atoms with Crippen molar-refractivity contribution in [1.82, 2.24) is 0 Å². The average molecular weight is 353 g/mol. The lowest BCUT2D eigenvalue weighted by atomic mass is 9.53. The first-order valence-electron chi connectivity index (χ1n) is 9.19. The number of cyclic esters (lactones) is 1. The first-order chi connectivity index (χ1) is 11.0. The van der Waals surface area contributed by atoms with Gasteiger partial charge in [0.1, 0.15) is 0 Å². The fraction of sp³-hybridized carbons (Fsp3) is 0.842. The van der Waals surface area contributed by atoms with Crippen LogP contribution >= 0.6 is 0 Å². The number of rotatable bonds is 2. The predicted molar refractivity (Wildman–Crippen MR) is 96.1 cm³/mol. The van der Waals surface area contributed by atoms with Gasteiger partial charge in [-0.3, -0.25) is 4.79 Å². The Morgan fingerprint density at radius 1 is 1.33 bits per heavy atom. The van der Waals surface area contributed by atoms with Crippen LogP contribution in [-0.4, -0.2) is 38.2 Å². The second-order valence-corrected chi connectivity index (χ2v) is 14.3. The van der Waals surface area contributed by atoms with E-state index >= 15 is 0 Å². The second-order valence-electron chi connectivity index (χ2n) is 9.57. The lowest BCUT2D eigenvalue weighted by molar-refractivity contribution is -0.141. The van der Waals surface area contributed by atoms with Crippen molar-refractivity contribution in [2.45, 2.75) is 76.8 Å². The summed E-state index contributed by atoms with van der Waals surface area (Å²) in [6.45, 7) is 15.9. The number of ether oxygens (including phenoxy) is 1. The summed E-state index contributed by atoms with van der Waals surface area (Å²) >= 11 is 0. The number of aliphatic hydroxyl groups excluding tert-OH is 1. The maximum absolute atomic E-state index is 12.2. The van der Waals surface area contributed by atoms with Crippen LogP contribution in [0.2, 0.25) is 18.1 Å². The Bertz CT molecular complexity index is 550. The van der Waals surface area contributed by atoms with Crippen molar-refractivity contribution in [3.8, 4) is 0 Å². The molecule has 1 heterocycles. The van der Waals surface area contributed by atoms with Crippen molar-refractivity contribution in [3.63, 3.8) is 0 Å². The third-order valence-electron chi connectivity index (χ3n) is 7.16.